The van der Waals surface area contributed by atoms with Crippen LogP contribution in [0.5, 0.6) is 0 Å². The Labute approximate surface area is 174 Å². The summed E-state index contributed by atoms with van der Waals surface area (Å²) in [6, 6.07) is 17.8. The molecule has 1 saturated heterocycles. The molecule has 0 aromatic heterocycles. The molecule has 0 aliphatic carbocycles. The fraction of sp³-hybridized carbons (Fsp3) is 0.458. The highest BCUT2D eigenvalue weighted by Crippen LogP contribution is 2.38. The van der Waals surface area contributed by atoms with Crippen LogP contribution in [0, 0.1) is 0 Å². The highest BCUT2D eigenvalue weighted by Gasteiger charge is 2.48. The molecule has 0 saturated carbocycles. The predicted octanol–water partition coefficient (Wildman–Crippen LogP) is 2.63. The van der Waals surface area contributed by atoms with Gasteiger partial charge in [0.05, 0.1) is 6.04 Å². The van der Waals surface area contributed by atoms with Crippen molar-refractivity contribution in [1.29, 1.82) is 0 Å². The lowest BCUT2D eigenvalue weighted by Crippen LogP contribution is -2.63. The second-order valence-electron chi connectivity index (χ2n) is 8.39. The number of hydrogen-bond acceptors (Lipinski definition) is 4. The molecule has 156 valence electrons. The molecule has 1 aliphatic rings. The van der Waals surface area contributed by atoms with Gasteiger partial charge < -0.3 is 15.7 Å². The number of amides is 1. The summed E-state index contributed by atoms with van der Waals surface area (Å²) in [6.07, 6.45) is 2.76. The molecule has 5 nitrogen and oxygen atoms in total. The van der Waals surface area contributed by atoms with Crippen LogP contribution in [0.2, 0.25) is 0 Å². The summed E-state index contributed by atoms with van der Waals surface area (Å²) < 4.78 is 0. The van der Waals surface area contributed by atoms with E-state index in [0.717, 1.165) is 31.5 Å². The van der Waals surface area contributed by atoms with Gasteiger partial charge in [0.15, 0.2) is 0 Å². The highest BCUT2D eigenvalue weighted by molar-refractivity contribution is 5.92. The average Bonchev–Trinajstić information content (AvgIpc) is 2.70. The van der Waals surface area contributed by atoms with Crippen LogP contribution in [0.15, 0.2) is 54.6 Å². The van der Waals surface area contributed by atoms with E-state index in [9.17, 15) is 9.90 Å². The normalized spacial score (nSPS) is 25.3. The van der Waals surface area contributed by atoms with Crippen molar-refractivity contribution in [1.82, 2.24) is 9.80 Å². The number of benzene rings is 2. The Hall–Kier alpha value is -2.21. The molecule has 0 radical (unpaired) electrons. The Bertz CT molecular complexity index is 824. The molecule has 0 bridgehead atoms. The number of nitrogens with zero attached hydrogens (tertiary/aromatic N) is 2. The number of rotatable bonds is 7. The zero-order valence-corrected chi connectivity index (χ0v) is 17.7. The van der Waals surface area contributed by atoms with E-state index in [1.807, 2.05) is 26.2 Å². The van der Waals surface area contributed by atoms with Gasteiger partial charge in [0.2, 0.25) is 5.91 Å². The van der Waals surface area contributed by atoms with Gasteiger partial charge in [0.25, 0.3) is 0 Å². The summed E-state index contributed by atoms with van der Waals surface area (Å²) in [4.78, 5) is 16.2. The first-order valence-electron chi connectivity index (χ1n) is 10.4. The zero-order valence-electron chi connectivity index (χ0n) is 17.7. The van der Waals surface area contributed by atoms with Gasteiger partial charge in [-0.05, 0) is 70.1 Å². The van der Waals surface area contributed by atoms with Gasteiger partial charge in [-0.15, -0.1) is 0 Å². The molecule has 3 unspecified atom stereocenters. The van der Waals surface area contributed by atoms with Crippen molar-refractivity contribution in [3.05, 3.63) is 71.3 Å². The molecule has 5 heteroatoms. The molecule has 3 atom stereocenters. The summed E-state index contributed by atoms with van der Waals surface area (Å²) >= 11 is 0. The van der Waals surface area contributed by atoms with E-state index in [1.165, 1.54) is 5.56 Å². The molecular formula is C24H33N3O2. The third-order valence-electron chi connectivity index (χ3n) is 6.26. The number of aliphatic hydroxyl groups is 1. The smallest absolute Gasteiger partial charge is 0.248 e. The zero-order chi connectivity index (χ0) is 21.0. The molecule has 2 aromatic carbocycles. The number of primary amides is 1. The minimum atomic E-state index is -1.02. The van der Waals surface area contributed by atoms with Crippen molar-refractivity contribution in [3.8, 4) is 0 Å². The van der Waals surface area contributed by atoms with Crippen LogP contribution >= 0.6 is 0 Å². The van der Waals surface area contributed by atoms with Crippen molar-refractivity contribution in [3.63, 3.8) is 0 Å². The third-order valence-corrected chi connectivity index (χ3v) is 6.26. The van der Waals surface area contributed by atoms with Crippen LogP contribution in [0.3, 0.4) is 0 Å². The maximum Gasteiger partial charge on any atom is 0.248 e. The van der Waals surface area contributed by atoms with E-state index in [-0.39, 0.29) is 12.1 Å². The molecule has 3 rings (SSSR count). The minimum Gasteiger partial charge on any atom is -0.383 e. The minimum absolute atomic E-state index is 0.0869. The number of likely N-dealkylation sites (tertiary alicyclic amines) is 1. The number of carbonyl (C=O) groups excluding carboxylic acids is 1. The number of aryl methyl sites for hydroxylation is 1. The Kier molecular flexibility index (Phi) is 6.73. The summed E-state index contributed by atoms with van der Waals surface area (Å²) in [5.74, 6) is -0.469. The van der Waals surface area contributed by atoms with Crippen LogP contribution in [0.4, 0.5) is 0 Å². The van der Waals surface area contributed by atoms with Crippen molar-refractivity contribution in [2.24, 2.45) is 5.73 Å². The molecule has 1 fully saturated rings. The molecule has 29 heavy (non-hydrogen) atoms. The van der Waals surface area contributed by atoms with Gasteiger partial charge in [0.1, 0.15) is 5.60 Å². The lowest BCUT2D eigenvalue weighted by molar-refractivity contribution is -0.111. The summed E-state index contributed by atoms with van der Waals surface area (Å²) in [7, 11) is 4.02. The van der Waals surface area contributed by atoms with Crippen molar-refractivity contribution < 1.29 is 9.90 Å². The Morgan fingerprint density at radius 2 is 1.93 bits per heavy atom. The lowest BCUT2D eigenvalue weighted by atomic mass is 9.75. The molecule has 1 amide bonds. The van der Waals surface area contributed by atoms with Crippen molar-refractivity contribution in [2.45, 2.75) is 43.9 Å². The van der Waals surface area contributed by atoms with Gasteiger partial charge in [-0.1, -0.05) is 42.5 Å². The summed E-state index contributed by atoms with van der Waals surface area (Å²) in [5, 5.41) is 11.8. The van der Waals surface area contributed by atoms with Gasteiger partial charge in [-0.3, -0.25) is 9.69 Å². The van der Waals surface area contributed by atoms with Crippen LogP contribution < -0.4 is 5.73 Å². The average molecular weight is 396 g/mol. The van der Waals surface area contributed by atoms with E-state index in [2.05, 4.69) is 41.0 Å². The van der Waals surface area contributed by atoms with Crippen molar-refractivity contribution >= 4 is 5.91 Å². The first-order valence-corrected chi connectivity index (χ1v) is 10.4. The Morgan fingerprint density at radius 3 is 2.59 bits per heavy atom. The van der Waals surface area contributed by atoms with Crippen LogP contribution in [-0.2, 0) is 12.0 Å². The first-order chi connectivity index (χ1) is 13.8. The third kappa shape index (κ3) is 4.69. The SMILES string of the molecule is CC1C(N(C)C)C(O)(c2cccc(C(N)=O)c2)CCN1CCCc1ccccc1. The number of carbonyl (C=O) groups is 1. The fourth-order valence-corrected chi connectivity index (χ4v) is 4.83. The van der Waals surface area contributed by atoms with Gasteiger partial charge in [-0.2, -0.15) is 0 Å². The number of nitrogens with two attached hydrogens (primary N) is 1. The lowest BCUT2D eigenvalue weighted by Gasteiger charge is -2.52. The largest absolute Gasteiger partial charge is 0.383 e. The van der Waals surface area contributed by atoms with Crippen LogP contribution in [0.25, 0.3) is 0 Å². The monoisotopic (exact) mass is 395 g/mol. The van der Waals surface area contributed by atoms with E-state index in [0.29, 0.717) is 12.0 Å². The van der Waals surface area contributed by atoms with Crippen LogP contribution in [0.1, 0.15) is 41.3 Å². The first kappa shape index (κ1) is 21.5. The van der Waals surface area contributed by atoms with E-state index in [1.54, 1.807) is 18.2 Å². The Balaban J connectivity index is 1.75. The predicted molar refractivity (Wildman–Crippen MR) is 117 cm³/mol. The molecule has 1 heterocycles. The topological polar surface area (TPSA) is 69.8 Å². The quantitative estimate of drug-likeness (QED) is 0.756. The number of hydrogen-bond donors (Lipinski definition) is 2. The van der Waals surface area contributed by atoms with E-state index in [4.69, 9.17) is 5.73 Å². The molecular weight excluding hydrogens is 362 g/mol. The number of piperidine rings is 1. The maximum absolute atomic E-state index is 11.8. The molecule has 0 spiro atoms. The van der Waals surface area contributed by atoms with Crippen molar-refractivity contribution in [2.75, 3.05) is 27.2 Å². The van der Waals surface area contributed by atoms with Gasteiger partial charge in [0, 0.05) is 18.2 Å². The molecule has 1 aliphatic heterocycles. The van der Waals surface area contributed by atoms with Gasteiger partial charge >= 0.3 is 0 Å². The Morgan fingerprint density at radius 1 is 1.21 bits per heavy atom. The fourth-order valence-electron chi connectivity index (χ4n) is 4.83. The van der Waals surface area contributed by atoms with Crippen LogP contribution in [-0.4, -0.2) is 60.1 Å². The molecule has 3 N–H and O–H groups in total. The maximum atomic E-state index is 11.8. The second-order valence-corrected chi connectivity index (χ2v) is 8.39. The molecule has 2 aromatic rings. The summed E-state index contributed by atoms with van der Waals surface area (Å²) in [6.45, 7) is 4.00. The highest BCUT2D eigenvalue weighted by atomic mass is 16.3. The van der Waals surface area contributed by atoms with E-state index < -0.39 is 11.5 Å². The summed E-state index contributed by atoms with van der Waals surface area (Å²) in [5.41, 5.74) is 7.00. The van der Waals surface area contributed by atoms with Gasteiger partial charge in [-0.25, -0.2) is 0 Å². The standard InChI is InChI=1S/C24H33N3O2/c1-18-22(26(2)3)24(29,21-13-7-12-20(17-21)23(25)28)14-16-27(18)15-8-11-19-9-5-4-6-10-19/h4-7,9-10,12-13,17-18,22,29H,8,11,14-16H2,1-3H3,(H2,25,28). The second kappa shape index (κ2) is 9.08. The number of likely N-dealkylation sites (N-methyl/N-ethyl adjacent to an activating group) is 1. The van der Waals surface area contributed by atoms with E-state index >= 15 is 0 Å².